The lowest BCUT2D eigenvalue weighted by atomic mass is 10.0. The number of rotatable bonds is 8. The first-order valence-corrected chi connectivity index (χ1v) is 10.0. The minimum atomic E-state index is -0.545. The molecule has 2 aromatic heterocycles. The van der Waals surface area contributed by atoms with Crippen LogP contribution in [0.5, 0.6) is 11.5 Å². The molecule has 1 fully saturated rings. The van der Waals surface area contributed by atoms with Gasteiger partial charge >= 0.3 is 0 Å². The van der Waals surface area contributed by atoms with Crippen molar-refractivity contribution in [3.05, 3.63) is 53.0 Å². The van der Waals surface area contributed by atoms with Gasteiger partial charge in [0.1, 0.15) is 0 Å². The molecule has 1 saturated carbocycles. The molecule has 1 amide bonds. The van der Waals surface area contributed by atoms with Gasteiger partial charge in [0.05, 0.1) is 30.2 Å². The van der Waals surface area contributed by atoms with E-state index < -0.39 is 5.41 Å². The molecule has 0 unspecified atom stereocenters. The molecule has 0 aliphatic heterocycles. The Morgan fingerprint density at radius 1 is 1.21 bits per heavy atom. The first-order chi connectivity index (χ1) is 13.7. The molecule has 0 spiro atoms. The zero-order valence-electron chi connectivity index (χ0n) is 15.9. The summed E-state index contributed by atoms with van der Waals surface area (Å²) >= 11 is 1.59. The predicted octanol–water partition coefficient (Wildman–Crippen LogP) is 3.81. The third-order valence-corrected chi connectivity index (χ3v) is 5.98. The minimum Gasteiger partial charge on any atom is -0.493 e. The summed E-state index contributed by atoms with van der Waals surface area (Å²) in [6.07, 6.45) is 2.30. The highest BCUT2D eigenvalue weighted by Gasteiger charge is 2.53. The van der Waals surface area contributed by atoms with Crippen LogP contribution in [0.3, 0.4) is 0 Å². The van der Waals surface area contributed by atoms with E-state index in [0.717, 1.165) is 34.7 Å². The molecular weight excluding hydrogens is 376 g/mol. The third-order valence-electron chi connectivity index (χ3n) is 5.10. The van der Waals surface area contributed by atoms with E-state index in [-0.39, 0.29) is 5.91 Å². The van der Waals surface area contributed by atoms with Gasteiger partial charge < -0.3 is 19.3 Å². The van der Waals surface area contributed by atoms with Crippen LogP contribution in [0.2, 0.25) is 0 Å². The van der Waals surface area contributed by atoms with E-state index in [2.05, 4.69) is 10.5 Å². The second kappa shape index (κ2) is 7.67. The Morgan fingerprint density at radius 2 is 2.04 bits per heavy atom. The van der Waals surface area contributed by atoms with Crippen molar-refractivity contribution < 1.29 is 18.8 Å². The summed E-state index contributed by atoms with van der Waals surface area (Å²) in [7, 11) is 3.23. The van der Waals surface area contributed by atoms with Crippen LogP contribution < -0.4 is 14.8 Å². The number of carbonyl (C=O) groups is 1. The number of hydrogen-bond donors (Lipinski definition) is 1. The molecule has 4 rings (SSSR count). The van der Waals surface area contributed by atoms with Gasteiger partial charge in [-0.1, -0.05) is 17.3 Å². The Kier molecular flexibility index (Phi) is 5.09. The predicted molar refractivity (Wildman–Crippen MR) is 107 cm³/mol. The molecule has 1 aliphatic carbocycles. The molecule has 3 aromatic rings. The lowest BCUT2D eigenvalue weighted by molar-refractivity contribution is -0.123. The minimum absolute atomic E-state index is 0.0130. The van der Waals surface area contributed by atoms with Crippen molar-refractivity contribution in [3.8, 4) is 22.1 Å². The van der Waals surface area contributed by atoms with E-state index in [1.807, 2.05) is 41.8 Å². The molecule has 1 N–H and O–H groups in total. The lowest BCUT2D eigenvalue weighted by Crippen LogP contribution is -2.36. The van der Waals surface area contributed by atoms with Crippen molar-refractivity contribution >= 4 is 17.2 Å². The Morgan fingerprint density at radius 3 is 2.71 bits per heavy atom. The maximum atomic E-state index is 12.8. The topological polar surface area (TPSA) is 73.6 Å². The molecule has 0 saturated heterocycles. The second-order valence-electron chi connectivity index (χ2n) is 6.83. The Balaban J connectivity index is 1.38. The smallest absolute Gasteiger partial charge is 0.232 e. The first kappa shape index (κ1) is 18.6. The van der Waals surface area contributed by atoms with E-state index in [0.29, 0.717) is 24.5 Å². The summed E-state index contributed by atoms with van der Waals surface area (Å²) in [6, 6.07) is 11.6. The highest BCUT2D eigenvalue weighted by Crippen LogP contribution is 2.48. The quantitative estimate of drug-likeness (QED) is 0.625. The molecule has 1 aliphatic rings. The van der Waals surface area contributed by atoms with Gasteiger partial charge in [-0.25, -0.2) is 0 Å². The van der Waals surface area contributed by atoms with Crippen molar-refractivity contribution in [2.75, 3.05) is 20.8 Å². The van der Waals surface area contributed by atoms with E-state index in [4.69, 9.17) is 14.0 Å². The molecule has 146 valence electrons. The fourth-order valence-corrected chi connectivity index (χ4v) is 3.96. The van der Waals surface area contributed by atoms with Crippen LogP contribution in [0.15, 0.2) is 46.3 Å². The van der Waals surface area contributed by atoms with Gasteiger partial charge in [-0.15, -0.1) is 11.3 Å². The summed E-state index contributed by atoms with van der Waals surface area (Å²) in [5.74, 6) is 2.11. The number of methoxy groups -OCH3 is 2. The number of amides is 1. The summed E-state index contributed by atoms with van der Waals surface area (Å²) in [6.45, 7) is 0.547. The highest BCUT2D eigenvalue weighted by atomic mass is 32.1. The zero-order valence-corrected chi connectivity index (χ0v) is 16.7. The first-order valence-electron chi connectivity index (χ1n) is 9.16. The molecular formula is C21H22N2O4S. The molecule has 1 aromatic carbocycles. The third kappa shape index (κ3) is 3.49. The van der Waals surface area contributed by atoms with Gasteiger partial charge in [0, 0.05) is 12.6 Å². The number of carbonyl (C=O) groups excluding carboxylic acids is 1. The van der Waals surface area contributed by atoms with E-state index in [1.54, 1.807) is 25.6 Å². The number of nitrogens with zero attached hydrogens (tertiary/aromatic N) is 1. The van der Waals surface area contributed by atoms with E-state index in [1.165, 1.54) is 0 Å². The van der Waals surface area contributed by atoms with Crippen molar-refractivity contribution in [1.29, 1.82) is 0 Å². The van der Waals surface area contributed by atoms with Crippen LogP contribution in [0.25, 0.3) is 10.6 Å². The highest BCUT2D eigenvalue weighted by molar-refractivity contribution is 7.13. The van der Waals surface area contributed by atoms with Crippen molar-refractivity contribution in [3.63, 3.8) is 0 Å². The maximum Gasteiger partial charge on any atom is 0.232 e. The molecule has 0 bridgehead atoms. The van der Waals surface area contributed by atoms with Crippen LogP contribution in [0, 0.1) is 0 Å². The molecule has 6 nitrogen and oxygen atoms in total. The van der Waals surface area contributed by atoms with Gasteiger partial charge in [0.15, 0.2) is 17.3 Å². The molecule has 7 heteroatoms. The van der Waals surface area contributed by atoms with Crippen LogP contribution in [-0.2, 0) is 16.6 Å². The Hall–Kier alpha value is -2.80. The van der Waals surface area contributed by atoms with Gasteiger partial charge in [-0.2, -0.15) is 0 Å². The Bertz CT molecular complexity index is 961. The number of nitrogens with one attached hydrogen (secondary N) is 1. The summed E-state index contributed by atoms with van der Waals surface area (Å²) in [5.41, 5.74) is 1.25. The average Bonchev–Trinajstić information content (AvgIpc) is 3.12. The van der Waals surface area contributed by atoms with Crippen molar-refractivity contribution in [2.24, 2.45) is 0 Å². The molecule has 0 radical (unpaired) electrons. The molecule has 0 atom stereocenters. The maximum absolute atomic E-state index is 12.8. The van der Waals surface area contributed by atoms with E-state index >= 15 is 0 Å². The summed E-state index contributed by atoms with van der Waals surface area (Å²) in [5, 5.41) is 9.22. The number of benzene rings is 1. The van der Waals surface area contributed by atoms with Crippen LogP contribution in [-0.4, -0.2) is 31.8 Å². The normalized spacial score (nSPS) is 14.5. The van der Waals surface area contributed by atoms with Gasteiger partial charge in [0.25, 0.3) is 0 Å². The fraction of sp³-hybridized carbons (Fsp3) is 0.333. The van der Waals surface area contributed by atoms with Gasteiger partial charge in [0.2, 0.25) is 5.91 Å². The summed E-state index contributed by atoms with van der Waals surface area (Å²) in [4.78, 5) is 13.8. The van der Waals surface area contributed by atoms with Crippen molar-refractivity contribution in [1.82, 2.24) is 10.5 Å². The number of ether oxygens (including phenoxy) is 2. The second-order valence-corrected chi connectivity index (χ2v) is 7.78. The van der Waals surface area contributed by atoms with E-state index in [9.17, 15) is 4.79 Å². The number of thiophene rings is 1. The fourth-order valence-electron chi connectivity index (χ4n) is 3.29. The largest absolute Gasteiger partial charge is 0.493 e. The van der Waals surface area contributed by atoms with Gasteiger partial charge in [-0.05, 0) is 48.4 Å². The average molecular weight is 398 g/mol. The van der Waals surface area contributed by atoms with Crippen LogP contribution in [0.1, 0.15) is 24.1 Å². The lowest BCUT2D eigenvalue weighted by Gasteiger charge is -2.13. The van der Waals surface area contributed by atoms with Crippen LogP contribution in [0.4, 0.5) is 0 Å². The van der Waals surface area contributed by atoms with Crippen molar-refractivity contribution in [2.45, 2.75) is 24.7 Å². The summed E-state index contributed by atoms with van der Waals surface area (Å²) < 4.78 is 16.0. The van der Waals surface area contributed by atoms with Gasteiger partial charge in [-0.3, -0.25) is 4.79 Å². The molecule has 28 heavy (non-hydrogen) atoms. The van der Waals surface area contributed by atoms with Crippen LogP contribution >= 0.6 is 11.3 Å². The molecule has 2 heterocycles. The standard InChI is InChI=1S/C21H22N2O4S/c1-25-15-6-5-14(12-16(15)26-2)7-10-22-20(24)21(8-9-21)19-13-17(27-23-19)18-4-3-11-28-18/h3-6,11-13H,7-10H2,1-2H3,(H,22,24). The Labute approximate surface area is 167 Å². The number of hydrogen-bond acceptors (Lipinski definition) is 6. The zero-order chi connectivity index (χ0) is 19.6. The monoisotopic (exact) mass is 398 g/mol. The SMILES string of the molecule is COc1ccc(CCNC(=O)C2(c3cc(-c4cccs4)on3)CC2)cc1OC. The number of aromatic nitrogens is 1.